The van der Waals surface area contributed by atoms with Crippen molar-refractivity contribution in [3.8, 4) is 0 Å². The maximum absolute atomic E-state index is 13.2. The molecule has 0 spiro atoms. The smallest absolute Gasteiger partial charge is 0.123 e. The summed E-state index contributed by atoms with van der Waals surface area (Å²) in [6.45, 7) is 4.60. The van der Waals surface area contributed by atoms with Crippen LogP contribution in [0.3, 0.4) is 0 Å². The van der Waals surface area contributed by atoms with Gasteiger partial charge in [0.05, 0.1) is 12.7 Å². The van der Waals surface area contributed by atoms with E-state index >= 15 is 0 Å². The average Bonchev–Trinajstić information content (AvgIpc) is 2.42. The number of unbranched alkanes of at least 4 members (excludes halogenated alkanes) is 3. The van der Waals surface area contributed by atoms with E-state index in [1.165, 1.54) is 31.4 Å². The summed E-state index contributed by atoms with van der Waals surface area (Å²) in [5.74, 6) is -0.509. The van der Waals surface area contributed by atoms with Crippen molar-refractivity contribution in [2.45, 2.75) is 58.7 Å². The zero-order valence-corrected chi connectivity index (χ0v) is 12.4. The van der Waals surface area contributed by atoms with E-state index in [0.717, 1.165) is 18.4 Å². The van der Waals surface area contributed by atoms with Crippen LogP contribution in [-0.4, -0.2) is 11.9 Å². The van der Waals surface area contributed by atoms with Crippen LogP contribution in [0, 0.1) is 11.2 Å². The molecule has 20 heavy (non-hydrogen) atoms. The Balaban J connectivity index is 2.46. The van der Waals surface area contributed by atoms with Gasteiger partial charge >= 0.3 is 0 Å². The zero-order valence-electron chi connectivity index (χ0n) is 12.4. The summed E-state index contributed by atoms with van der Waals surface area (Å²) in [6.07, 6.45) is 6.08. The van der Waals surface area contributed by atoms with Crippen molar-refractivity contribution in [1.82, 2.24) is 0 Å². The minimum atomic E-state index is -0.383. The molecule has 4 heteroatoms. The third kappa shape index (κ3) is 5.70. The van der Waals surface area contributed by atoms with Crippen LogP contribution in [-0.2, 0) is 11.3 Å². The Morgan fingerprint density at radius 3 is 2.75 bits per heavy atom. The Kier molecular flexibility index (Phi) is 7.23. The van der Waals surface area contributed by atoms with Gasteiger partial charge in [0.2, 0.25) is 0 Å². The number of ether oxygens (including phenoxy) is 1. The molecule has 0 aromatic heterocycles. The van der Waals surface area contributed by atoms with Crippen LogP contribution in [0.25, 0.3) is 0 Å². The van der Waals surface area contributed by atoms with E-state index in [0.29, 0.717) is 12.2 Å². The van der Waals surface area contributed by atoms with E-state index in [1.54, 1.807) is 6.07 Å². The van der Waals surface area contributed by atoms with E-state index in [2.05, 4.69) is 6.92 Å². The highest BCUT2D eigenvalue weighted by Crippen LogP contribution is 2.15. The van der Waals surface area contributed by atoms with Crippen molar-refractivity contribution in [3.63, 3.8) is 0 Å². The second kappa shape index (κ2) is 8.69. The Hall–Kier alpha value is -1.42. The first-order valence-corrected chi connectivity index (χ1v) is 7.29. The summed E-state index contributed by atoms with van der Waals surface area (Å²) in [6, 6.07) is 4.29. The zero-order chi connectivity index (χ0) is 15.0. The van der Waals surface area contributed by atoms with E-state index in [4.69, 9.17) is 15.9 Å². The van der Waals surface area contributed by atoms with E-state index in [-0.39, 0.29) is 17.8 Å². The number of hydrogen-bond donors (Lipinski definition) is 2. The number of nitrogens with one attached hydrogen (secondary N) is 1. The fourth-order valence-electron chi connectivity index (χ4n) is 2.10. The van der Waals surface area contributed by atoms with Crippen LogP contribution >= 0.6 is 0 Å². The minimum Gasteiger partial charge on any atom is -0.384 e. The first kappa shape index (κ1) is 16.6. The summed E-state index contributed by atoms with van der Waals surface area (Å²) >= 11 is 0. The lowest BCUT2D eigenvalue weighted by atomic mass is 10.1. The van der Waals surface area contributed by atoms with Crippen molar-refractivity contribution in [2.75, 3.05) is 0 Å². The lowest BCUT2D eigenvalue weighted by Crippen LogP contribution is -2.16. The summed E-state index contributed by atoms with van der Waals surface area (Å²) in [7, 11) is 0. The summed E-state index contributed by atoms with van der Waals surface area (Å²) in [5, 5.41) is 7.47. The van der Waals surface area contributed by atoms with Gasteiger partial charge in [-0.2, -0.15) is 0 Å². The molecule has 0 bridgehead atoms. The molecule has 1 atom stereocenters. The quantitative estimate of drug-likeness (QED) is 0.408. The van der Waals surface area contributed by atoms with Gasteiger partial charge in [0.15, 0.2) is 0 Å². The van der Waals surface area contributed by atoms with Crippen LogP contribution < -0.4 is 5.73 Å². The maximum atomic E-state index is 13.2. The number of benzene rings is 1. The maximum Gasteiger partial charge on any atom is 0.123 e. The van der Waals surface area contributed by atoms with Gasteiger partial charge in [0.1, 0.15) is 11.7 Å². The normalized spacial score (nSPS) is 12.3. The molecular weight excluding hydrogens is 255 g/mol. The fourth-order valence-corrected chi connectivity index (χ4v) is 2.10. The number of nitrogens with two attached hydrogens (primary N) is 1. The van der Waals surface area contributed by atoms with Gasteiger partial charge in [-0.05, 0) is 31.0 Å². The fraction of sp³-hybridized carbons (Fsp3) is 0.562. The molecule has 1 aromatic rings. The number of halogens is 1. The third-order valence-corrected chi connectivity index (χ3v) is 3.35. The number of amidine groups is 1. The minimum absolute atomic E-state index is 0.126. The van der Waals surface area contributed by atoms with E-state index in [9.17, 15) is 4.39 Å². The van der Waals surface area contributed by atoms with Crippen molar-refractivity contribution in [3.05, 3.63) is 35.1 Å². The summed E-state index contributed by atoms with van der Waals surface area (Å²) in [5.41, 5.74) is 6.65. The molecule has 112 valence electrons. The highest BCUT2D eigenvalue weighted by atomic mass is 19.1. The molecular formula is C16H25FN2O. The molecule has 0 aliphatic rings. The molecule has 1 aromatic carbocycles. The number of rotatable bonds is 9. The Bertz CT molecular complexity index is 434. The largest absolute Gasteiger partial charge is 0.384 e. The standard InChI is InChI=1S/C16H25FN2O/c1-3-4-5-6-7-12(2)20-11-13-8-9-14(17)10-15(13)16(18)19/h8-10,12H,3-7,11H2,1-2H3,(H3,18,19). The van der Waals surface area contributed by atoms with Gasteiger partial charge in [-0.25, -0.2) is 4.39 Å². The molecule has 3 nitrogen and oxygen atoms in total. The molecule has 0 radical (unpaired) electrons. The lowest BCUT2D eigenvalue weighted by molar-refractivity contribution is 0.0458. The molecule has 1 unspecified atom stereocenters. The van der Waals surface area contributed by atoms with Crippen LogP contribution in [0.4, 0.5) is 4.39 Å². The predicted octanol–water partition coefficient (Wildman–Crippen LogP) is 3.99. The second-order valence-corrected chi connectivity index (χ2v) is 5.19. The number of hydrogen-bond acceptors (Lipinski definition) is 2. The highest BCUT2D eigenvalue weighted by molar-refractivity contribution is 5.96. The van der Waals surface area contributed by atoms with Crippen LogP contribution in [0.15, 0.2) is 18.2 Å². The molecule has 3 N–H and O–H groups in total. The molecule has 0 aliphatic heterocycles. The van der Waals surface area contributed by atoms with Crippen LogP contribution in [0.2, 0.25) is 0 Å². The van der Waals surface area contributed by atoms with Crippen molar-refractivity contribution < 1.29 is 9.13 Å². The highest BCUT2D eigenvalue weighted by Gasteiger charge is 2.09. The first-order valence-electron chi connectivity index (χ1n) is 7.29. The van der Waals surface area contributed by atoms with Gasteiger partial charge in [-0.15, -0.1) is 0 Å². The Labute approximate surface area is 120 Å². The predicted molar refractivity (Wildman–Crippen MR) is 80.4 cm³/mol. The topological polar surface area (TPSA) is 59.1 Å². The van der Waals surface area contributed by atoms with E-state index in [1.807, 2.05) is 6.92 Å². The van der Waals surface area contributed by atoms with E-state index < -0.39 is 0 Å². The van der Waals surface area contributed by atoms with Crippen LogP contribution in [0.1, 0.15) is 57.1 Å². The summed E-state index contributed by atoms with van der Waals surface area (Å²) in [4.78, 5) is 0. The monoisotopic (exact) mass is 280 g/mol. The molecule has 0 heterocycles. The molecule has 0 saturated heterocycles. The van der Waals surface area contributed by atoms with Gasteiger partial charge in [-0.1, -0.05) is 38.7 Å². The number of nitrogen functional groups attached to an aromatic ring is 1. The molecule has 0 saturated carbocycles. The Morgan fingerprint density at radius 2 is 2.10 bits per heavy atom. The van der Waals surface area contributed by atoms with Gasteiger partial charge < -0.3 is 10.5 Å². The van der Waals surface area contributed by atoms with Crippen molar-refractivity contribution in [1.29, 1.82) is 5.41 Å². The molecule has 0 amide bonds. The van der Waals surface area contributed by atoms with Gasteiger partial charge in [0.25, 0.3) is 0 Å². The van der Waals surface area contributed by atoms with Crippen molar-refractivity contribution in [2.24, 2.45) is 5.73 Å². The SMILES string of the molecule is CCCCCCC(C)OCc1ccc(F)cc1C(=N)N. The molecule has 1 rings (SSSR count). The van der Waals surface area contributed by atoms with Crippen LogP contribution in [0.5, 0.6) is 0 Å². The molecule has 0 fully saturated rings. The third-order valence-electron chi connectivity index (χ3n) is 3.35. The van der Waals surface area contributed by atoms with Gasteiger partial charge in [0, 0.05) is 5.56 Å². The van der Waals surface area contributed by atoms with Crippen molar-refractivity contribution >= 4 is 5.84 Å². The van der Waals surface area contributed by atoms with Gasteiger partial charge in [-0.3, -0.25) is 5.41 Å². The second-order valence-electron chi connectivity index (χ2n) is 5.19. The molecule has 0 aliphatic carbocycles. The average molecular weight is 280 g/mol. The first-order chi connectivity index (χ1) is 9.54. The Morgan fingerprint density at radius 1 is 1.35 bits per heavy atom. The summed E-state index contributed by atoms with van der Waals surface area (Å²) < 4.78 is 18.9. The lowest BCUT2D eigenvalue weighted by Gasteiger charge is -2.15.